The first-order valence-corrected chi connectivity index (χ1v) is 4.31. The van der Waals surface area contributed by atoms with Gasteiger partial charge in [-0.3, -0.25) is 0 Å². The third-order valence-corrected chi connectivity index (χ3v) is 1.60. The van der Waals surface area contributed by atoms with Crippen molar-refractivity contribution in [2.45, 2.75) is 6.92 Å². The number of allylic oxidation sites excluding steroid dienone is 1. The summed E-state index contributed by atoms with van der Waals surface area (Å²) in [6.45, 7) is 1.76. The average molecular weight is 220 g/mol. The number of rotatable bonds is 2. The predicted molar refractivity (Wildman–Crippen MR) is 54.7 cm³/mol. The number of aromatic nitrogens is 2. The molecule has 74 valence electrons. The molecule has 0 radical (unpaired) electrons. The molecule has 1 heterocycles. The number of nitriles is 2. The van der Waals surface area contributed by atoms with Gasteiger partial charge in [0, 0.05) is 11.9 Å². The third kappa shape index (κ3) is 3.26. The minimum Gasteiger partial charge on any atom is -0.329 e. The van der Waals surface area contributed by atoms with Gasteiger partial charge >= 0.3 is 0 Å². The van der Waals surface area contributed by atoms with Gasteiger partial charge in [0.05, 0.1) is 0 Å². The van der Waals surface area contributed by atoms with Gasteiger partial charge in [-0.15, -0.1) is 0 Å². The van der Waals surface area contributed by atoms with Gasteiger partial charge in [0.15, 0.2) is 0 Å². The van der Waals surface area contributed by atoms with Crippen molar-refractivity contribution >= 4 is 17.5 Å². The highest BCUT2D eigenvalue weighted by atomic mass is 35.5. The van der Waals surface area contributed by atoms with E-state index in [0.717, 1.165) is 0 Å². The van der Waals surface area contributed by atoms with Gasteiger partial charge in [-0.25, -0.2) is 9.97 Å². The van der Waals surface area contributed by atoms with E-state index in [1.807, 2.05) is 0 Å². The van der Waals surface area contributed by atoms with Crippen LogP contribution in [0.3, 0.4) is 0 Å². The molecule has 15 heavy (non-hydrogen) atoms. The van der Waals surface area contributed by atoms with Gasteiger partial charge in [0.2, 0.25) is 5.95 Å². The van der Waals surface area contributed by atoms with Crippen LogP contribution in [0.1, 0.15) is 5.69 Å². The summed E-state index contributed by atoms with van der Waals surface area (Å²) in [5.41, 5.74) is 0.637. The Hall–Kier alpha value is -2.11. The monoisotopic (exact) mass is 219 g/mol. The van der Waals surface area contributed by atoms with Crippen molar-refractivity contribution in [1.82, 2.24) is 9.97 Å². The Morgan fingerprint density at radius 1 is 1.47 bits per heavy atom. The first-order chi connectivity index (χ1) is 7.15. The summed E-state index contributed by atoms with van der Waals surface area (Å²) in [7, 11) is 0. The van der Waals surface area contributed by atoms with Crippen LogP contribution >= 0.6 is 11.6 Å². The van der Waals surface area contributed by atoms with E-state index in [9.17, 15) is 0 Å². The highest BCUT2D eigenvalue weighted by molar-refractivity contribution is 6.29. The molecule has 0 bridgehead atoms. The van der Waals surface area contributed by atoms with Crippen molar-refractivity contribution in [3.05, 3.63) is 28.7 Å². The molecule has 0 amide bonds. The molecule has 0 fully saturated rings. The first kappa shape index (κ1) is 11.0. The quantitative estimate of drug-likeness (QED) is 0.605. The van der Waals surface area contributed by atoms with Gasteiger partial charge < -0.3 is 5.32 Å². The van der Waals surface area contributed by atoms with Crippen molar-refractivity contribution in [2.24, 2.45) is 0 Å². The molecule has 0 saturated heterocycles. The molecule has 1 aromatic rings. The summed E-state index contributed by atoms with van der Waals surface area (Å²) in [5.74, 6) is 0.253. The fourth-order valence-corrected chi connectivity index (χ4v) is 1.06. The second-order valence-corrected chi connectivity index (χ2v) is 2.97. The zero-order valence-corrected chi connectivity index (χ0v) is 8.58. The van der Waals surface area contributed by atoms with E-state index in [4.69, 9.17) is 22.1 Å². The number of halogens is 1. The third-order valence-electron chi connectivity index (χ3n) is 1.41. The van der Waals surface area contributed by atoms with Crippen molar-refractivity contribution < 1.29 is 0 Å². The molecule has 0 aliphatic rings. The molecule has 0 atom stereocenters. The van der Waals surface area contributed by atoms with Crippen molar-refractivity contribution in [1.29, 1.82) is 10.5 Å². The van der Waals surface area contributed by atoms with E-state index in [0.29, 0.717) is 10.8 Å². The predicted octanol–water partition coefficient (Wildman–Crippen LogP) is 1.78. The summed E-state index contributed by atoms with van der Waals surface area (Å²) in [6.07, 6.45) is 1.23. The van der Waals surface area contributed by atoms with Crippen LogP contribution in [0.25, 0.3) is 0 Å². The SMILES string of the molecule is Cc1cc(Cl)nc(NC=C(C#N)C#N)n1. The Kier molecular flexibility index (Phi) is 3.61. The maximum absolute atomic E-state index is 8.47. The lowest BCUT2D eigenvalue weighted by Crippen LogP contribution is -1.98. The Bertz CT molecular complexity index is 444. The standard InChI is InChI=1S/C9H6ClN5/c1-6-2-8(10)15-9(14-6)13-5-7(3-11)4-12/h2,5H,1H3,(H,13,14,15). The van der Waals surface area contributed by atoms with Gasteiger partial charge in [-0.2, -0.15) is 10.5 Å². The van der Waals surface area contributed by atoms with Gasteiger partial charge in [0.1, 0.15) is 22.9 Å². The second-order valence-electron chi connectivity index (χ2n) is 2.58. The van der Waals surface area contributed by atoms with Crippen LogP contribution in [-0.2, 0) is 0 Å². The zero-order chi connectivity index (χ0) is 11.3. The van der Waals surface area contributed by atoms with E-state index < -0.39 is 0 Å². The lowest BCUT2D eigenvalue weighted by molar-refractivity contribution is 1.10. The maximum Gasteiger partial charge on any atom is 0.228 e. The molecule has 0 saturated carbocycles. The molecule has 1 N–H and O–H groups in total. The van der Waals surface area contributed by atoms with E-state index in [2.05, 4.69) is 15.3 Å². The van der Waals surface area contributed by atoms with Crippen LogP contribution in [0, 0.1) is 29.6 Å². The number of aryl methyl sites for hydroxylation is 1. The normalized spacial score (nSPS) is 8.53. The Morgan fingerprint density at radius 2 is 2.13 bits per heavy atom. The molecular formula is C9H6ClN5. The molecule has 5 nitrogen and oxygen atoms in total. The number of hydrogen-bond donors (Lipinski definition) is 1. The van der Waals surface area contributed by atoms with Crippen molar-refractivity contribution in [2.75, 3.05) is 5.32 Å². The maximum atomic E-state index is 8.47. The fourth-order valence-electron chi connectivity index (χ4n) is 0.821. The number of anilines is 1. The van der Waals surface area contributed by atoms with Gasteiger partial charge in [0.25, 0.3) is 0 Å². The van der Waals surface area contributed by atoms with Crippen LogP contribution in [0.5, 0.6) is 0 Å². The van der Waals surface area contributed by atoms with Crippen LogP contribution < -0.4 is 5.32 Å². The average Bonchev–Trinajstić information content (AvgIpc) is 2.18. The minimum absolute atomic E-state index is 0.0590. The Labute approximate surface area is 91.6 Å². The van der Waals surface area contributed by atoms with Gasteiger partial charge in [-0.1, -0.05) is 11.6 Å². The lowest BCUT2D eigenvalue weighted by Gasteiger charge is -2.00. The van der Waals surface area contributed by atoms with Crippen molar-refractivity contribution in [3.63, 3.8) is 0 Å². The van der Waals surface area contributed by atoms with Gasteiger partial charge in [-0.05, 0) is 13.0 Å². The Balaban J connectivity index is 2.88. The minimum atomic E-state index is -0.0590. The molecule has 0 aliphatic heterocycles. The summed E-state index contributed by atoms with van der Waals surface area (Å²) < 4.78 is 0. The summed E-state index contributed by atoms with van der Waals surface area (Å²) in [5, 5.41) is 19.8. The highest BCUT2D eigenvalue weighted by Crippen LogP contribution is 2.09. The summed E-state index contributed by atoms with van der Waals surface area (Å²) in [6, 6.07) is 5.00. The number of hydrogen-bond acceptors (Lipinski definition) is 5. The molecule has 0 aliphatic carbocycles. The van der Waals surface area contributed by atoms with Crippen LogP contribution in [-0.4, -0.2) is 9.97 Å². The number of nitrogens with one attached hydrogen (secondary N) is 1. The molecule has 1 aromatic heterocycles. The number of nitrogens with zero attached hydrogens (tertiary/aromatic N) is 4. The molecule has 0 spiro atoms. The van der Waals surface area contributed by atoms with E-state index >= 15 is 0 Å². The van der Waals surface area contributed by atoms with E-state index in [-0.39, 0.29) is 11.5 Å². The molecule has 1 rings (SSSR count). The highest BCUT2D eigenvalue weighted by Gasteiger charge is 1.99. The smallest absolute Gasteiger partial charge is 0.228 e. The molecule has 6 heteroatoms. The van der Waals surface area contributed by atoms with Crippen molar-refractivity contribution in [3.8, 4) is 12.1 Å². The topological polar surface area (TPSA) is 85.4 Å². The van der Waals surface area contributed by atoms with Crippen LogP contribution in [0.15, 0.2) is 17.8 Å². The van der Waals surface area contributed by atoms with Crippen LogP contribution in [0.4, 0.5) is 5.95 Å². The van der Waals surface area contributed by atoms with E-state index in [1.54, 1.807) is 25.1 Å². The molecular weight excluding hydrogens is 214 g/mol. The molecule has 0 unspecified atom stereocenters. The second kappa shape index (κ2) is 4.94. The van der Waals surface area contributed by atoms with E-state index in [1.165, 1.54) is 6.20 Å². The summed E-state index contributed by atoms with van der Waals surface area (Å²) in [4.78, 5) is 7.86. The lowest BCUT2D eigenvalue weighted by atomic mass is 10.4. The largest absolute Gasteiger partial charge is 0.329 e. The molecule has 0 aromatic carbocycles. The first-order valence-electron chi connectivity index (χ1n) is 3.94. The fraction of sp³-hybridized carbons (Fsp3) is 0.111. The van der Waals surface area contributed by atoms with Crippen LogP contribution in [0.2, 0.25) is 5.15 Å². The zero-order valence-electron chi connectivity index (χ0n) is 7.82. The summed E-state index contributed by atoms with van der Waals surface area (Å²) >= 11 is 5.69. The Morgan fingerprint density at radius 3 is 2.67 bits per heavy atom.